The van der Waals surface area contributed by atoms with E-state index in [2.05, 4.69) is 25.6 Å². The Morgan fingerprint density at radius 3 is 2.66 bits per heavy atom. The van der Waals surface area contributed by atoms with Crippen molar-refractivity contribution in [2.45, 2.75) is 0 Å². The van der Waals surface area contributed by atoms with Crippen molar-refractivity contribution in [2.75, 3.05) is 12.4 Å². The fourth-order valence-electron chi connectivity index (χ4n) is 3.10. The second kappa shape index (κ2) is 6.79. The lowest BCUT2D eigenvalue weighted by molar-refractivity contribution is 0.628. The third kappa shape index (κ3) is 3.08. The van der Waals surface area contributed by atoms with Crippen molar-refractivity contribution >= 4 is 11.5 Å². The zero-order valence-electron chi connectivity index (χ0n) is 15.4. The van der Waals surface area contributed by atoms with E-state index in [0.717, 1.165) is 22.5 Å². The number of nitrogens with one attached hydrogen (secondary N) is 1. The van der Waals surface area contributed by atoms with E-state index in [-0.39, 0.29) is 5.82 Å². The third-order valence-corrected chi connectivity index (χ3v) is 4.54. The van der Waals surface area contributed by atoms with Crippen LogP contribution in [0.5, 0.6) is 0 Å². The lowest BCUT2D eigenvalue weighted by Gasteiger charge is -2.05. The van der Waals surface area contributed by atoms with Gasteiger partial charge in [-0.2, -0.15) is 9.61 Å². The fraction of sp³-hybridized carbons (Fsp3) is 0.0500. The van der Waals surface area contributed by atoms with Gasteiger partial charge in [-0.25, -0.2) is 14.1 Å². The molecule has 0 aliphatic heterocycles. The topological polar surface area (TPSA) is 85.8 Å². The molecule has 0 bridgehead atoms. The first-order valence-corrected chi connectivity index (χ1v) is 8.88. The normalized spacial score (nSPS) is 11.1. The molecule has 4 heterocycles. The SMILES string of the molecule is CNc1cc(-c2cn(-c3ccc4nncn4n3)nc2-c2ccc(F)cc2)ccn1. The highest BCUT2D eigenvalue weighted by atomic mass is 19.1. The quantitative estimate of drug-likeness (QED) is 0.510. The largest absolute Gasteiger partial charge is 0.373 e. The summed E-state index contributed by atoms with van der Waals surface area (Å²) < 4.78 is 16.7. The molecule has 4 aromatic heterocycles. The fourth-order valence-corrected chi connectivity index (χ4v) is 3.10. The van der Waals surface area contributed by atoms with Crippen molar-refractivity contribution in [3.05, 3.63) is 73.1 Å². The van der Waals surface area contributed by atoms with Gasteiger partial charge in [-0.15, -0.1) is 15.3 Å². The number of fused-ring (bicyclic) bond motifs is 1. The molecule has 0 radical (unpaired) electrons. The van der Waals surface area contributed by atoms with Crippen molar-refractivity contribution < 1.29 is 4.39 Å². The predicted octanol–water partition coefficient (Wildman–Crippen LogP) is 3.22. The molecule has 1 aromatic carbocycles. The summed E-state index contributed by atoms with van der Waals surface area (Å²) in [5, 5.41) is 20.1. The minimum atomic E-state index is -0.296. The summed E-state index contributed by atoms with van der Waals surface area (Å²) in [5.41, 5.74) is 3.96. The molecule has 0 unspecified atom stereocenters. The summed E-state index contributed by atoms with van der Waals surface area (Å²) in [6.07, 6.45) is 5.16. The van der Waals surface area contributed by atoms with Crippen LogP contribution >= 0.6 is 0 Å². The van der Waals surface area contributed by atoms with Crippen molar-refractivity contribution in [3.63, 3.8) is 0 Å². The molecule has 0 aliphatic rings. The minimum absolute atomic E-state index is 0.296. The molecule has 0 fully saturated rings. The molecule has 0 spiro atoms. The van der Waals surface area contributed by atoms with Crippen molar-refractivity contribution in [1.82, 2.24) is 34.6 Å². The number of anilines is 1. The van der Waals surface area contributed by atoms with Crippen LogP contribution in [0, 0.1) is 5.82 Å². The van der Waals surface area contributed by atoms with E-state index in [9.17, 15) is 4.39 Å². The van der Waals surface area contributed by atoms with Crippen LogP contribution < -0.4 is 5.32 Å². The lowest BCUT2D eigenvalue weighted by Crippen LogP contribution is -2.02. The van der Waals surface area contributed by atoms with Crippen LogP contribution in [0.25, 0.3) is 33.8 Å². The Bertz CT molecular complexity index is 1310. The summed E-state index contributed by atoms with van der Waals surface area (Å²) in [7, 11) is 1.81. The summed E-state index contributed by atoms with van der Waals surface area (Å²) in [4.78, 5) is 4.27. The molecule has 9 heteroatoms. The van der Waals surface area contributed by atoms with Crippen LogP contribution in [-0.2, 0) is 0 Å². The van der Waals surface area contributed by atoms with Gasteiger partial charge in [0.05, 0.1) is 0 Å². The monoisotopic (exact) mass is 386 g/mol. The smallest absolute Gasteiger partial charge is 0.177 e. The molecule has 0 aliphatic carbocycles. The van der Waals surface area contributed by atoms with Crippen molar-refractivity contribution in [2.24, 2.45) is 0 Å². The van der Waals surface area contributed by atoms with Crippen LogP contribution in [0.4, 0.5) is 10.2 Å². The van der Waals surface area contributed by atoms with Gasteiger partial charge in [0.1, 0.15) is 23.7 Å². The van der Waals surface area contributed by atoms with E-state index in [4.69, 9.17) is 5.10 Å². The van der Waals surface area contributed by atoms with Gasteiger partial charge in [0.15, 0.2) is 11.5 Å². The second-order valence-electron chi connectivity index (χ2n) is 6.35. The van der Waals surface area contributed by atoms with Crippen LogP contribution in [-0.4, -0.2) is 41.6 Å². The van der Waals surface area contributed by atoms with Crippen molar-refractivity contribution in [1.29, 1.82) is 0 Å². The van der Waals surface area contributed by atoms with Gasteiger partial charge in [-0.1, -0.05) is 0 Å². The molecule has 0 saturated heterocycles. The zero-order valence-corrected chi connectivity index (χ0v) is 15.4. The summed E-state index contributed by atoms with van der Waals surface area (Å²) in [6, 6.07) is 13.7. The molecule has 0 atom stereocenters. The number of nitrogens with zero attached hydrogens (tertiary/aromatic N) is 7. The van der Waals surface area contributed by atoms with Crippen LogP contribution in [0.2, 0.25) is 0 Å². The van der Waals surface area contributed by atoms with Gasteiger partial charge in [-0.05, 0) is 54.1 Å². The van der Waals surface area contributed by atoms with Gasteiger partial charge in [0.2, 0.25) is 0 Å². The maximum atomic E-state index is 13.4. The van der Waals surface area contributed by atoms with E-state index in [1.807, 2.05) is 37.5 Å². The van der Waals surface area contributed by atoms with Crippen LogP contribution in [0.15, 0.2) is 67.3 Å². The standard InChI is InChI=1S/C20H15FN8/c1-22-17-10-14(8-9-23-17)16-11-28(19-7-6-18-25-24-12-29(18)26-19)27-20(16)13-2-4-15(21)5-3-13/h2-12H,1H3,(H,22,23). The van der Waals surface area contributed by atoms with Crippen molar-refractivity contribution in [3.8, 4) is 28.2 Å². The molecule has 0 saturated carbocycles. The Labute approximate surface area is 164 Å². The molecular weight excluding hydrogens is 371 g/mol. The Morgan fingerprint density at radius 2 is 1.83 bits per heavy atom. The van der Waals surface area contributed by atoms with E-state index >= 15 is 0 Å². The molecule has 5 rings (SSSR count). The van der Waals surface area contributed by atoms with E-state index in [1.54, 1.807) is 27.5 Å². The Balaban J connectivity index is 1.69. The van der Waals surface area contributed by atoms with Gasteiger partial charge in [-0.3, -0.25) is 0 Å². The number of aromatic nitrogens is 7. The summed E-state index contributed by atoms with van der Waals surface area (Å²) in [5.74, 6) is 1.05. The number of halogens is 1. The highest BCUT2D eigenvalue weighted by Gasteiger charge is 2.16. The third-order valence-electron chi connectivity index (χ3n) is 4.54. The molecule has 142 valence electrons. The number of benzene rings is 1. The second-order valence-corrected chi connectivity index (χ2v) is 6.35. The number of hydrogen-bond donors (Lipinski definition) is 1. The zero-order chi connectivity index (χ0) is 19.8. The summed E-state index contributed by atoms with van der Waals surface area (Å²) >= 11 is 0. The molecular formula is C20H15FN8. The van der Waals surface area contributed by atoms with Gasteiger partial charge < -0.3 is 5.32 Å². The average Bonchev–Trinajstić information content (AvgIpc) is 3.41. The lowest BCUT2D eigenvalue weighted by atomic mass is 10.0. The molecule has 1 N–H and O–H groups in total. The maximum Gasteiger partial charge on any atom is 0.177 e. The van der Waals surface area contributed by atoms with E-state index in [0.29, 0.717) is 17.2 Å². The van der Waals surface area contributed by atoms with E-state index in [1.165, 1.54) is 18.5 Å². The minimum Gasteiger partial charge on any atom is -0.373 e. The first-order chi connectivity index (χ1) is 14.2. The Morgan fingerprint density at radius 1 is 0.966 bits per heavy atom. The van der Waals surface area contributed by atoms with Gasteiger partial charge in [0.25, 0.3) is 0 Å². The molecule has 0 amide bonds. The highest BCUT2D eigenvalue weighted by Crippen LogP contribution is 2.32. The number of rotatable bonds is 4. The Kier molecular flexibility index (Phi) is 3.98. The molecule has 5 aromatic rings. The van der Waals surface area contributed by atoms with Crippen LogP contribution in [0.3, 0.4) is 0 Å². The van der Waals surface area contributed by atoms with Gasteiger partial charge in [0, 0.05) is 30.6 Å². The maximum absolute atomic E-state index is 13.4. The molecule has 29 heavy (non-hydrogen) atoms. The number of pyridine rings is 1. The average molecular weight is 386 g/mol. The number of hydrogen-bond acceptors (Lipinski definition) is 6. The molecule has 8 nitrogen and oxygen atoms in total. The summed E-state index contributed by atoms with van der Waals surface area (Å²) in [6.45, 7) is 0. The first-order valence-electron chi connectivity index (χ1n) is 8.88. The highest BCUT2D eigenvalue weighted by molar-refractivity contribution is 5.81. The Hall–Kier alpha value is -4.14. The first kappa shape index (κ1) is 17.0. The predicted molar refractivity (Wildman–Crippen MR) is 106 cm³/mol. The van der Waals surface area contributed by atoms with Crippen LogP contribution in [0.1, 0.15) is 0 Å². The van der Waals surface area contributed by atoms with E-state index < -0.39 is 0 Å². The van der Waals surface area contributed by atoms with Gasteiger partial charge >= 0.3 is 0 Å².